The molecular formula is C8H10BrNO3S2. The first-order chi connectivity index (χ1) is 7.12. The van der Waals surface area contributed by atoms with E-state index in [2.05, 4.69) is 15.9 Å². The molecule has 0 aromatic carbocycles. The van der Waals surface area contributed by atoms with Crippen LogP contribution in [0.25, 0.3) is 0 Å². The van der Waals surface area contributed by atoms with E-state index < -0.39 is 10.0 Å². The van der Waals surface area contributed by atoms with Crippen LogP contribution in [0.4, 0.5) is 0 Å². The minimum atomic E-state index is -3.32. The lowest BCUT2D eigenvalue weighted by molar-refractivity contribution is 0.0731. The Kier molecular flexibility index (Phi) is 3.46. The number of hydrogen-bond donors (Lipinski definition) is 0. The molecule has 1 aliphatic heterocycles. The van der Waals surface area contributed by atoms with Crippen molar-refractivity contribution in [2.75, 3.05) is 26.3 Å². The molecule has 2 rings (SSSR count). The van der Waals surface area contributed by atoms with Crippen molar-refractivity contribution in [3.05, 3.63) is 15.9 Å². The second-order valence-electron chi connectivity index (χ2n) is 3.07. The zero-order chi connectivity index (χ0) is 10.9. The van der Waals surface area contributed by atoms with Crippen LogP contribution in [0.2, 0.25) is 0 Å². The summed E-state index contributed by atoms with van der Waals surface area (Å²) in [7, 11) is -3.32. The predicted octanol–water partition coefficient (Wildman–Crippen LogP) is 1.53. The van der Waals surface area contributed by atoms with Gasteiger partial charge in [0.2, 0.25) is 0 Å². The molecule has 84 valence electrons. The van der Waals surface area contributed by atoms with Crippen LogP contribution < -0.4 is 0 Å². The minimum Gasteiger partial charge on any atom is -0.379 e. The standard InChI is InChI=1S/C8H10BrNO3S2/c9-7-1-6-14-8(7)15(11,12)10-2-4-13-5-3-10/h1,6H,2-5H2. The second-order valence-corrected chi connectivity index (χ2v) is 6.98. The summed E-state index contributed by atoms with van der Waals surface area (Å²) in [4.78, 5) is 0. The number of rotatable bonds is 2. The van der Waals surface area contributed by atoms with Gasteiger partial charge >= 0.3 is 0 Å². The largest absolute Gasteiger partial charge is 0.379 e. The molecule has 1 aromatic heterocycles. The Labute approximate surface area is 101 Å². The summed E-state index contributed by atoms with van der Waals surface area (Å²) in [6, 6.07) is 1.75. The van der Waals surface area contributed by atoms with Crippen molar-refractivity contribution in [2.45, 2.75) is 4.21 Å². The highest BCUT2D eigenvalue weighted by Crippen LogP contribution is 2.30. The summed E-state index contributed by atoms with van der Waals surface area (Å²) in [5, 5.41) is 1.76. The highest BCUT2D eigenvalue weighted by Gasteiger charge is 2.28. The molecule has 1 aliphatic rings. The highest BCUT2D eigenvalue weighted by molar-refractivity contribution is 9.10. The van der Waals surface area contributed by atoms with E-state index in [4.69, 9.17) is 4.74 Å². The Bertz CT molecular complexity index is 436. The van der Waals surface area contributed by atoms with Gasteiger partial charge in [-0.3, -0.25) is 0 Å². The van der Waals surface area contributed by atoms with Gasteiger partial charge in [-0.1, -0.05) is 0 Å². The number of thiophene rings is 1. The summed E-state index contributed by atoms with van der Waals surface area (Å²) in [5.41, 5.74) is 0. The number of hydrogen-bond acceptors (Lipinski definition) is 4. The number of ether oxygens (including phenoxy) is 1. The first-order valence-corrected chi connectivity index (χ1v) is 7.54. The molecule has 0 N–H and O–H groups in total. The quantitative estimate of drug-likeness (QED) is 0.832. The van der Waals surface area contributed by atoms with Crippen LogP contribution in [-0.2, 0) is 14.8 Å². The number of morpholine rings is 1. The summed E-state index contributed by atoms with van der Waals surface area (Å²) >= 11 is 4.47. The number of sulfonamides is 1. The molecule has 0 aliphatic carbocycles. The lowest BCUT2D eigenvalue weighted by Gasteiger charge is -2.25. The third kappa shape index (κ3) is 2.26. The van der Waals surface area contributed by atoms with Crippen molar-refractivity contribution in [3.8, 4) is 0 Å². The first-order valence-electron chi connectivity index (χ1n) is 4.43. The Morgan fingerprint density at radius 1 is 1.40 bits per heavy atom. The third-order valence-electron chi connectivity index (χ3n) is 2.13. The van der Waals surface area contributed by atoms with Gasteiger partial charge in [0.15, 0.2) is 0 Å². The van der Waals surface area contributed by atoms with E-state index in [0.717, 1.165) is 0 Å². The zero-order valence-corrected chi connectivity index (χ0v) is 11.1. The van der Waals surface area contributed by atoms with E-state index in [1.54, 1.807) is 11.4 Å². The maximum atomic E-state index is 12.1. The summed E-state index contributed by atoms with van der Waals surface area (Å²) < 4.78 is 31.9. The Balaban J connectivity index is 2.30. The molecule has 0 saturated carbocycles. The van der Waals surface area contributed by atoms with Crippen molar-refractivity contribution in [1.82, 2.24) is 4.31 Å². The van der Waals surface area contributed by atoms with Gasteiger partial charge in [-0.15, -0.1) is 11.3 Å². The van der Waals surface area contributed by atoms with Gasteiger partial charge in [0, 0.05) is 17.6 Å². The van der Waals surface area contributed by atoms with Gasteiger partial charge in [-0.2, -0.15) is 4.31 Å². The van der Waals surface area contributed by atoms with E-state index in [0.29, 0.717) is 35.0 Å². The fourth-order valence-electron chi connectivity index (χ4n) is 1.37. The maximum absolute atomic E-state index is 12.1. The number of nitrogens with zero attached hydrogens (tertiary/aromatic N) is 1. The van der Waals surface area contributed by atoms with Gasteiger partial charge in [0.1, 0.15) is 4.21 Å². The van der Waals surface area contributed by atoms with Crippen molar-refractivity contribution in [3.63, 3.8) is 0 Å². The predicted molar refractivity (Wildman–Crippen MR) is 61.6 cm³/mol. The van der Waals surface area contributed by atoms with Gasteiger partial charge in [-0.05, 0) is 27.4 Å². The molecule has 0 amide bonds. The van der Waals surface area contributed by atoms with E-state index >= 15 is 0 Å². The fraction of sp³-hybridized carbons (Fsp3) is 0.500. The van der Waals surface area contributed by atoms with Gasteiger partial charge < -0.3 is 4.74 Å². The number of halogens is 1. The third-order valence-corrected chi connectivity index (χ3v) is 6.67. The Hall–Kier alpha value is 0.0500. The average molecular weight is 312 g/mol. The van der Waals surface area contributed by atoms with E-state index in [1.807, 2.05) is 0 Å². The molecule has 1 fully saturated rings. The fourth-order valence-corrected chi connectivity index (χ4v) is 5.23. The van der Waals surface area contributed by atoms with Gasteiger partial charge in [-0.25, -0.2) is 8.42 Å². The van der Waals surface area contributed by atoms with Crippen molar-refractivity contribution in [2.24, 2.45) is 0 Å². The van der Waals surface area contributed by atoms with Crippen molar-refractivity contribution in [1.29, 1.82) is 0 Å². The minimum absolute atomic E-state index is 0.379. The molecule has 2 heterocycles. The van der Waals surface area contributed by atoms with Crippen LogP contribution in [0.15, 0.2) is 20.1 Å². The SMILES string of the molecule is O=S(=O)(c1sccc1Br)N1CCOCC1. The first kappa shape index (κ1) is 11.5. The average Bonchev–Trinajstić information content (AvgIpc) is 2.66. The van der Waals surface area contributed by atoms with Crippen LogP contribution in [0.5, 0.6) is 0 Å². The second kappa shape index (κ2) is 4.50. The molecule has 0 spiro atoms. The molecule has 15 heavy (non-hydrogen) atoms. The normalized spacial score (nSPS) is 19.3. The highest BCUT2D eigenvalue weighted by atomic mass is 79.9. The van der Waals surface area contributed by atoms with Crippen molar-refractivity contribution >= 4 is 37.3 Å². The molecule has 0 unspecified atom stereocenters. The molecule has 1 saturated heterocycles. The maximum Gasteiger partial charge on any atom is 0.253 e. The van der Waals surface area contributed by atoms with Crippen LogP contribution in [0.3, 0.4) is 0 Å². The van der Waals surface area contributed by atoms with Gasteiger partial charge in [0.05, 0.1) is 13.2 Å². The molecule has 0 radical (unpaired) electrons. The molecular weight excluding hydrogens is 302 g/mol. The zero-order valence-electron chi connectivity index (χ0n) is 7.85. The van der Waals surface area contributed by atoms with Crippen LogP contribution in [-0.4, -0.2) is 39.0 Å². The molecule has 0 bridgehead atoms. The monoisotopic (exact) mass is 311 g/mol. The molecule has 4 nitrogen and oxygen atoms in total. The van der Waals surface area contributed by atoms with E-state index in [-0.39, 0.29) is 0 Å². The van der Waals surface area contributed by atoms with E-state index in [9.17, 15) is 8.42 Å². The Morgan fingerprint density at radius 3 is 2.60 bits per heavy atom. The summed E-state index contributed by atoms with van der Waals surface area (Å²) in [5.74, 6) is 0. The van der Waals surface area contributed by atoms with Crippen LogP contribution in [0, 0.1) is 0 Å². The summed E-state index contributed by atoms with van der Waals surface area (Å²) in [6.45, 7) is 1.82. The topological polar surface area (TPSA) is 46.6 Å². The summed E-state index contributed by atoms with van der Waals surface area (Å²) in [6.07, 6.45) is 0. The van der Waals surface area contributed by atoms with Crippen LogP contribution >= 0.6 is 27.3 Å². The van der Waals surface area contributed by atoms with Crippen LogP contribution in [0.1, 0.15) is 0 Å². The Morgan fingerprint density at radius 2 is 2.07 bits per heavy atom. The van der Waals surface area contributed by atoms with E-state index in [1.165, 1.54) is 15.6 Å². The van der Waals surface area contributed by atoms with Gasteiger partial charge in [0.25, 0.3) is 10.0 Å². The molecule has 1 aromatic rings. The van der Waals surface area contributed by atoms with Crippen molar-refractivity contribution < 1.29 is 13.2 Å². The molecule has 7 heteroatoms. The lowest BCUT2D eigenvalue weighted by atomic mass is 10.5. The smallest absolute Gasteiger partial charge is 0.253 e. The molecule has 0 atom stereocenters. The lowest BCUT2D eigenvalue weighted by Crippen LogP contribution is -2.40.